The van der Waals surface area contributed by atoms with Crippen LogP contribution in [-0.4, -0.2) is 95.7 Å². The molecule has 1 aliphatic heterocycles. The molecule has 1 aliphatic rings. The quantitative estimate of drug-likeness (QED) is 0.330. The first-order valence-corrected chi connectivity index (χ1v) is 15.7. The van der Waals surface area contributed by atoms with Crippen LogP contribution in [0.2, 0.25) is 0 Å². The van der Waals surface area contributed by atoms with Crippen LogP contribution in [0.1, 0.15) is 51.4 Å². The van der Waals surface area contributed by atoms with Crippen molar-refractivity contribution in [2.24, 2.45) is 0 Å². The highest BCUT2D eigenvalue weighted by atomic mass is 32.2. The molecule has 14 heteroatoms. The number of carbonyl (C=O) groups excluding carboxylic acids is 3. The molecule has 226 valence electrons. The second-order valence-corrected chi connectivity index (χ2v) is 12.3. The Kier molecular flexibility index (Phi) is 12.2. The van der Waals surface area contributed by atoms with E-state index in [0.29, 0.717) is 18.0 Å². The zero-order valence-corrected chi connectivity index (χ0v) is 25.5. The predicted octanol–water partition coefficient (Wildman–Crippen LogP) is 2.94. The molecule has 0 saturated heterocycles. The van der Waals surface area contributed by atoms with E-state index in [1.807, 2.05) is 0 Å². The lowest BCUT2D eigenvalue weighted by Gasteiger charge is -2.26. The SMILES string of the molecule is CCCN1CCc2c(sc(NC(=O)c3ccc(S(=O)(=O)N(CCOC)CCOC)cc3)c2C(=O)NC(=O)OCC)C1. The van der Waals surface area contributed by atoms with Crippen molar-refractivity contribution in [2.45, 2.75) is 38.1 Å². The molecule has 12 nitrogen and oxygen atoms in total. The van der Waals surface area contributed by atoms with E-state index in [9.17, 15) is 22.8 Å². The molecular formula is C27H38N4O8S2. The number of hydrogen-bond acceptors (Lipinski definition) is 10. The Labute approximate surface area is 245 Å². The molecule has 0 radical (unpaired) electrons. The number of imide groups is 1. The maximum atomic E-state index is 13.2. The zero-order valence-electron chi connectivity index (χ0n) is 23.9. The van der Waals surface area contributed by atoms with Gasteiger partial charge in [0.05, 0.1) is 30.3 Å². The molecule has 3 rings (SSSR count). The lowest BCUT2D eigenvalue weighted by molar-refractivity contribution is 0.0924. The first kappa shape index (κ1) is 32.6. The molecule has 0 aliphatic carbocycles. The molecule has 3 amide bonds. The average molecular weight is 611 g/mol. The highest BCUT2D eigenvalue weighted by Gasteiger charge is 2.30. The number of benzene rings is 1. The Bertz CT molecular complexity index is 1300. The van der Waals surface area contributed by atoms with Gasteiger partial charge in [-0.2, -0.15) is 4.31 Å². The van der Waals surface area contributed by atoms with Gasteiger partial charge in [-0.15, -0.1) is 11.3 Å². The minimum Gasteiger partial charge on any atom is -0.450 e. The first-order valence-electron chi connectivity index (χ1n) is 13.4. The summed E-state index contributed by atoms with van der Waals surface area (Å²) in [6.45, 7) is 6.89. The number of amides is 3. The molecular weight excluding hydrogens is 572 g/mol. The van der Waals surface area contributed by atoms with Gasteiger partial charge in [-0.3, -0.25) is 19.8 Å². The number of carbonyl (C=O) groups is 3. The van der Waals surface area contributed by atoms with Crippen molar-refractivity contribution in [3.8, 4) is 0 Å². The maximum absolute atomic E-state index is 13.2. The van der Waals surface area contributed by atoms with Crippen molar-refractivity contribution in [3.05, 3.63) is 45.8 Å². The Morgan fingerprint density at radius 1 is 1.02 bits per heavy atom. The van der Waals surface area contributed by atoms with Crippen LogP contribution in [0, 0.1) is 0 Å². The van der Waals surface area contributed by atoms with Crippen molar-refractivity contribution in [2.75, 3.05) is 65.5 Å². The van der Waals surface area contributed by atoms with Crippen LogP contribution in [0.4, 0.5) is 9.80 Å². The number of fused-ring (bicyclic) bond motifs is 1. The molecule has 0 fully saturated rings. The first-order chi connectivity index (χ1) is 19.7. The summed E-state index contributed by atoms with van der Waals surface area (Å²) in [6, 6.07) is 5.57. The molecule has 1 aromatic carbocycles. The largest absolute Gasteiger partial charge is 0.450 e. The van der Waals surface area contributed by atoms with Crippen LogP contribution in [0.3, 0.4) is 0 Å². The normalized spacial score (nSPS) is 13.6. The Morgan fingerprint density at radius 2 is 1.68 bits per heavy atom. The molecule has 0 atom stereocenters. The van der Waals surface area contributed by atoms with Crippen LogP contribution in [-0.2, 0) is 37.2 Å². The maximum Gasteiger partial charge on any atom is 0.414 e. The number of hydrogen-bond donors (Lipinski definition) is 2. The van der Waals surface area contributed by atoms with E-state index < -0.39 is 27.9 Å². The summed E-state index contributed by atoms with van der Waals surface area (Å²) in [4.78, 5) is 41.6. The van der Waals surface area contributed by atoms with E-state index in [1.54, 1.807) is 6.92 Å². The van der Waals surface area contributed by atoms with Gasteiger partial charge in [0.15, 0.2) is 0 Å². The second-order valence-electron chi connectivity index (χ2n) is 9.28. The monoisotopic (exact) mass is 610 g/mol. The number of nitrogens with one attached hydrogen (secondary N) is 2. The van der Waals surface area contributed by atoms with Crippen LogP contribution >= 0.6 is 11.3 Å². The van der Waals surface area contributed by atoms with Crippen molar-refractivity contribution >= 4 is 44.3 Å². The smallest absolute Gasteiger partial charge is 0.414 e. The lowest BCUT2D eigenvalue weighted by atomic mass is 10.0. The molecule has 0 spiro atoms. The number of rotatable bonds is 14. The fraction of sp³-hybridized carbons (Fsp3) is 0.519. The highest BCUT2D eigenvalue weighted by molar-refractivity contribution is 7.89. The molecule has 2 heterocycles. The third kappa shape index (κ3) is 8.33. The molecule has 2 aromatic rings. The van der Waals surface area contributed by atoms with Gasteiger partial charge in [-0.1, -0.05) is 6.92 Å². The summed E-state index contributed by atoms with van der Waals surface area (Å²) in [6.07, 6.45) is 0.727. The molecule has 2 N–H and O–H groups in total. The van der Waals surface area contributed by atoms with E-state index in [-0.39, 0.29) is 48.9 Å². The summed E-state index contributed by atoms with van der Waals surface area (Å²) >= 11 is 1.30. The van der Waals surface area contributed by atoms with Crippen LogP contribution in [0.15, 0.2) is 29.2 Å². The third-order valence-corrected chi connectivity index (χ3v) is 9.51. The van der Waals surface area contributed by atoms with Crippen molar-refractivity contribution in [1.82, 2.24) is 14.5 Å². The topological polar surface area (TPSA) is 144 Å². The molecule has 41 heavy (non-hydrogen) atoms. The number of anilines is 1. The minimum absolute atomic E-state index is 0.0263. The average Bonchev–Trinajstić information content (AvgIpc) is 3.30. The van der Waals surface area contributed by atoms with Crippen molar-refractivity contribution < 1.29 is 37.0 Å². The number of thiophene rings is 1. The predicted molar refractivity (Wildman–Crippen MR) is 155 cm³/mol. The van der Waals surface area contributed by atoms with Gasteiger partial charge in [0.1, 0.15) is 5.00 Å². The van der Waals surface area contributed by atoms with Crippen molar-refractivity contribution in [1.29, 1.82) is 0 Å². The zero-order chi connectivity index (χ0) is 30.0. The fourth-order valence-electron chi connectivity index (χ4n) is 4.46. The van der Waals surface area contributed by atoms with E-state index in [1.165, 1.54) is 54.1 Å². The van der Waals surface area contributed by atoms with Gasteiger partial charge in [-0.05, 0) is 56.1 Å². The van der Waals surface area contributed by atoms with E-state index >= 15 is 0 Å². The van der Waals surface area contributed by atoms with Crippen molar-refractivity contribution in [3.63, 3.8) is 0 Å². The minimum atomic E-state index is -3.85. The van der Waals surface area contributed by atoms with Crippen LogP contribution in [0.5, 0.6) is 0 Å². The number of nitrogens with zero attached hydrogens (tertiary/aromatic N) is 2. The summed E-state index contributed by atoms with van der Waals surface area (Å²) in [5.41, 5.74) is 1.25. The van der Waals surface area contributed by atoms with Gasteiger partial charge >= 0.3 is 6.09 Å². The third-order valence-electron chi connectivity index (χ3n) is 6.46. The number of sulfonamides is 1. The van der Waals surface area contributed by atoms with Gasteiger partial charge in [0.2, 0.25) is 10.0 Å². The highest BCUT2D eigenvalue weighted by Crippen LogP contribution is 2.37. The van der Waals surface area contributed by atoms with E-state index in [2.05, 4.69) is 22.5 Å². The van der Waals surface area contributed by atoms with E-state index in [4.69, 9.17) is 14.2 Å². The van der Waals surface area contributed by atoms with Crippen LogP contribution in [0.25, 0.3) is 0 Å². The standard InChI is InChI=1S/C27H38N4O8S2/c1-5-12-30-13-11-21-22(18-30)40-26(23(21)25(33)29-27(34)39-6-2)28-24(32)19-7-9-20(10-8-19)41(35,36)31(14-16-37-3)15-17-38-4/h7-10H,5-6,11-18H2,1-4H3,(H,28,32)(H,29,33,34). The number of methoxy groups -OCH3 is 2. The Morgan fingerprint density at radius 3 is 2.27 bits per heavy atom. The second kappa shape index (κ2) is 15.4. The van der Waals surface area contributed by atoms with Gasteiger partial charge < -0.3 is 19.5 Å². The van der Waals surface area contributed by atoms with E-state index in [0.717, 1.165) is 30.0 Å². The number of alkyl carbamates (subject to hydrolysis) is 1. The van der Waals surface area contributed by atoms with Gasteiger partial charge in [0.25, 0.3) is 11.8 Å². The Hall–Kier alpha value is -2.88. The summed E-state index contributed by atoms with van der Waals surface area (Å²) in [7, 11) is -0.868. The molecule has 0 saturated carbocycles. The summed E-state index contributed by atoms with van der Waals surface area (Å²) in [5.74, 6) is -1.16. The summed E-state index contributed by atoms with van der Waals surface area (Å²) in [5, 5.41) is 5.37. The fourth-order valence-corrected chi connectivity index (χ4v) is 7.15. The molecule has 0 bridgehead atoms. The molecule has 0 unspecified atom stereocenters. The Balaban J connectivity index is 1.85. The number of ether oxygens (including phenoxy) is 3. The summed E-state index contributed by atoms with van der Waals surface area (Å²) < 4.78 is 42.6. The lowest BCUT2D eigenvalue weighted by Crippen LogP contribution is -2.36. The van der Waals surface area contributed by atoms with Crippen LogP contribution < -0.4 is 10.6 Å². The van der Waals surface area contributed by atoms with Gasteiger partial charge in [-0.25, -0.2) is 13.2 Å². The molecule has 1 aromatic heterocycles. The van der Waals surface area contributed by atoms with Gasteiger partial charge in [0, 0.05) is 50.8 Å².